The van der Waals surface area contributed by atoms with Crippen LogP contribution in [-0.4, -0.2) is 24.1 Å². The van der Waals surface area contributed by atoms with Crippen molar-refractivity contribution in [1.82, 2.24) is 0 Å². The van der Waals surface area contributed by atoms with Gasteiger partial charge in [-0.05, 0) is 51.5 Å². The van der Waals surface area contributed by atoms with Crippen LogP contribution in [0.4, 0.5) is 4.39 Å². The van der Waals surface area contributed by atoms with Gasteiger partial charge < -0.3 is 9.47 Å². The molecule has 0 N–H and O–H groups in total. The average Bonchev–Trinajstić information content (AvgIpc) is 2.36. The van der Waals surface area contributed by atoms with E-state index in [0.717, 1.165) is 0 Å². The molecule has 0 saturated carbocycles. The molecular weight excluding hydrogens is 287 g/mol. The molecule has 0 fully saturated rings. The molecule has 1 aromatic carbocycles. The van der Waals surface area contributed by atoms with Crippen molar-refractivity contribution in [3.05, 3.63) is 41.2 Å². The molecular formula is C17H21FO4. The molecule has 0 unspecified atom stereocenters. The Labute approximate surface area is 129 Å². The summed E-state index contributed by atoms with van der Waals surface area (Å²) in [4.78, 5) is 23.8. The summed E-state index contributed by atoms with van der Waals surface area (Å²) in [5.41, 5.74) is -0.0382. The van der Waals surface area contributed by atoms with Gasteiger partial charge in [0.25, 0.3) is 0 Å². The largest absolute Gasteiger partial charge is 0.463 e. The molecule has 0 radical (unpaired) electrons. The standard InChI is InChI=1S/C17H21FO4/c1-5-21-16(20)13(11-15(19)22-17(2,3)4)9-12-7-6-8-14(18)10-12/h6-10H,5,11H2,1-4H3. The molecule has 0 saturated heterocycles. The molecule has 0 aliphatic heterocycles. The number of rotatable bonds is 5. The average molecular weight is 308 g/mol. The maximum Gasteiger partial charge on any atom is 0.334 e. The number of hydrogen-bond acceptors (Lipinski definition) is 4. The molecule has 0 bridgehead atoms. The van der Waals surface area contributed by atoms with Crippen molar-refractivity contribution in [2.45, 2.75) is 39.7 Å². The van der Waals surface area contributed by atoms with E-state index >= 15 is 0 Å². The van der Waals surface area contributed by atoms with Crippen LogP contribution in [0.3, 0.4) is 0 Å². The Bertz CT molecular complexity index is 570. The van der Waals surface area contributed by atoms with Gasteiger partial charge in [0.1, 0.15) is 11.4 Å². The number of halogens is 1. The third kappa shape index (κ3) is 6.52. The maximum atomic E-state index is 13.2. The van der Waals surface area contributed by atoms with Crippen molar-refractivity contribution in [2.75, 3.05) is 6.61 Å². The summed E-state index contributed by atoms with van der Waals surface area (Å²) >= 11 is 0. The van der Waals surface area contributed by atoms with E-state index in [0.29, 0.717) is 5.56 Å². The topological polar surface area (TPSA) is 52.6 Å². The first-order valence-electron chi connectivity index (χ1n) is 7.06. The molecule has 0 aliphatic rings. The second kappa shape index (κ2) is 7.73. The summed E-state index contributed by atoms with van der Waals surface area (Å²) in [7, 11) is 0. The predicted molar refractivity (Wildman–Crippen MR) is 81.5 cm³/mol. The van der Waals surface area contributed by atoms with Gasteiger partial charge in [0.15, 0.2) is 0 Å². The number of ether oxygens (including phenoxy) is 2. The first kappa shape index (κ1) is 17.9. The van der Waals surface area contributed by atoms with E-state index in [2.05, 4.69) is 0 Å². The van der Waals surface area contributed by atoms with Crippen LogP contribution in [0.25, 0.3) is 6.08 Å². The Balaban J connectivity index is 2.98. The zero-order valence-corrected chi connectivity index (χ0v) is 13.3. The minimum absolute atomic E-state index is 0.127. The number of esters is 2. The fourth-order valence-electron chi connectivity index (χ4n) is 1.74. The third-order valence-electron chi connectivity index (χ3n) is 2.48. The Morgan fingerprint density at radius 3 is 2.50 bits per heavy atom. The molecule has 0 aromatic heterocycles. The molecule has 22 heavy (non-hydrogen) atoms. The quantitative estimate of drug-likeness (QED) is 0.617. The van der Waals surface area contributed by atoms with Crippen LogP contribution in [0, 0.1) is 5.82 Å². The van der Waals surface area contributed by atoms with Crippen LogP contribution in [0.15, 0.2) is 29.8 Å². The minimum atomic E-state index is -0.643. The fraction of sp³-hybridized carbons (Fsp3) is 0.412. The Hall–Kier alpha value is -2.17. The van der Waals surface area contributed by atoms with Crippen molar-refractivity contribution < 1.29 is 23.5 Å². The van der Waals surface area contributed by atoms with E-state index in [1.165, 1.54) is 24.3 Å². The SMILES string of the molecule is CCOC(=O)C(=Cc1cccc(F)c1)CC(=O)OC(C)(C)C. The normalized spacial score (nSPS) is 12.0. The van der Waals surface area contributed by atoms with Gasteiger partial charge in [-0.15, -0.1) is 0 Å². The lowest BCUT2D eigenvalue weighted by molar-refractivity contribution is -0.155. The number of carbonyl (C=O) groups is 2. The lowest BCUT2D eigenvalue weighted by Crippen LogP contribution is -2.25. The van der Waals surface area contributed by atoms with Gasteiger partial charge in [0.05, 0.1) is 13.0 Å². The summed E-state index contributed by atoms with van der Waals surface area (Å²) in [5, 5.41) is 0. The Morgan fingerprint density at radius 1 is 1.27 bits per heavy atom. The summed E-state index contributed by atoms with van der Waals surface area (Å²) in [6.45, 7) is 7.08. The number of hydrogen-bond donors (Lipinski definition) is 0. The number of carbonyl (C=O) groups excluding carboxylic acids is 2. The van der Waals surface area contributed by atoms with E-state index in [9.17, 15) is 14.0 Å². The molecule has 1 rings (SSSR count). The van der Waals surface area contributed by atoms with Gasteiger partial charge >= 0.3 is 11.9 Å². The first-order chi connectivity index (χ1) is 10.2. The highest BCUT2D eigenvalue weighted by atomic mass is 19.1. The zero-order valence-electron chi connectivity index (χ0n) is 13.3. The third-order valence-corrected chi connectivity index (χ3v) is 2.48. The van der Waals surface area contributed by atoms with Crippen LogP contribution in [0.2, 0.25) is 0 Å². The van der Waals surface area contributed by atoms with E-state index < -0.39 is 23.4 Å². The Morgan fingerprint density at radius 2 is 1.95 bits per heavy atom. The van der Waals surface area contributed by atoms with Gasteiger partial charge in [0, 0.05) is 5.57 Å². The lowest BCUT2D eigenvalue weighted by atomic mass is 10.1. The minimum Gasteiger partial charge on any atom is -0.463 e. The molecule has 1 aromatic rings. The highest BCUT2D eigenvalue weighted by Gasteiger charge is 2.21. The number of benzene rings is 1. The van der Waals surface area contributed by atoms with Gasteiger partial charge in [-0.25, -0.2) is 9.18 Å². The van der Waals surface area contributed by atoms with Crippen LogP contribution in [-0.2, 0) is 19.1 Å². The van der Waals surface area contributed by atoms with Crippen molar-refractivity contribution in [1.29, 1.82) is 0 Å². The first-order valence-corrected chi connectivity index (χ1v) is 7.06. The highest BCUT2D eigenvalue weighted by molar-refractivity contribution is 5.98. The van der Waals surface area contributed by atoms with Gasteiger partial charge in [-0.1, -0.05) is 12.1 Å². The molecule has 0 heterocycles. The van der Waals surface area contributed by atoms with Gasteiger partial charge in [-0.2, -0.15) is 0 Å². The van der Waals surface area contributed by atoms with E-state index in [1.54, 1.807) is 33.8 Å². The molecule has 5 heteroatoms. The zero-order chi connectivity index (χ0) is 16.8. The van der Waals surface area contributed by atoms with Crippen LogP contribution in [0.5, 0.6) is 0 Å². The summed E-state index contributed by atoms with van der Waals surface area (Å²) in [6.07, 6.45) is 1.21. The van der Waals surface area contributed by atoms with Crippen LogP contribution >= 0.6 is 0 Å². The molecule has 4 nitrogen and oxygen atoms in total. The van der Waals surface area contributed by atoms with Crippen molar-refractivity contribution >= 4 is 18.0 Å². The van der Waals surface area contributed by atoms with Gasteiger partial charge in [0.2, 0.25) is 0 Å². The molecule has 0 atom stereocenters. The predicted octanol–water partition coefficient (Wildman–Crippen LogP) is 3.50. The van der Waals surface area contributed by atoms with E-state index in [4.69, 9.17) is 9.47 Å². The van der Waals surface area contributed by atoms with Crippen molar-refractivity contribution in [3.63, 3.8) is 0 Å². The van der Waals surface area contributed by atoms with E-state index in [-0.39, 0.29) is 18.6 Å². The maximum absolute atomic E-state index is 13.2. The van der Waals surface area contributed by atoms with Crippen LogP contribution < -0.4 is 0 Å². The van der Waals surface area contributed by atoms with Crippen molar-refractivity contribution in [3.8, 4) is 0 Å². The second-order valence-electron chi connectivity index (χ2n) is 5.71. The monoisotopic (exact) mass is 308 g/mol. The smallest absolute Gasteiger partial charge is 0.334 e. The second-order valence-corrected chi connectivity index (χ2v) is 5.71. The molecule has 0 spiro atoms. The highest BCUT2D eigenvalue weighted by Crippen LogP contribution is 2.16. The molecule has 0 aliphatic carbocycles. The lowest BCUT2D eigenvalue weighted by Gasteiger charge is -2.19. The van der Waals surface area contributed by atoms with E-state index in [1.807, 2.05) is 0 Å². The Kier molecular flexibility index (Phi) is 6.28. The van der Waals surface area contributed by atoms with Crippen LogP contribution in [0.1, 0.15) is 39.7 Å². The summed E-state index contributed by atoms with van der Waals surface area (Å²) in [5.74, 6) is -1.57. The molecule has 120 valence electrons. The van der Waals surface area contributed by atoms with Crippen molar-refractivity contribution in [2.24, 2.45) is 0 Å². The fourth-order valence-corrected chi connectivity index (χ4v) is 1.74. The molecule has 0 amide bonds. The van der Waals surface area contributed by atoms with Gasteiger partial charge in [-0.3, -0.25) is 4.79 Å². The summed E-state index contributed by atoms with van der Waals surface area (Å²) < 4.78 is 23.3. The summed E-state index contributed by atoms with van der Waals surface area (Å²) in [6, 6.07) is 5.73.